The standard InChI is InChI=1S/C21H23ClFN3O3S/c1-26(14-16-17(22)9-7-10-18(16)23)20(27)12-3-2-6-13-24-21-15-8-4-5-11-19(15)30(28,29)25-21/h4-5,7-11H,2-3,6,12-14H2,1H3,(H,24,25). The fourth-order valence-corrected chi connectivity index (χ4v) is 4.68. The number of carbonyl (C=O) groups is 1. The number of amidine groups is 1. The molecule has 0 fully saturated rings. The molecule has 0 saturated carbocycles. The van der Waals surface area contributed by atoms with E-state index in [1.807, 2.05) is 0 Å². The number of fused-ring (bicyclic) bond motifs is 1. The van der Waals surface area contributed by atoms with Crippen LogP contribution in [0.15, 0.2) is 52.4 Å². The van der Waals surface area contributed by atoms with Crippen LogP contribution in [0.2, 0.25) is 5.02 Å². The molecule has 0 aliphatic carbocycles. The molecule has 0 spiro atoms. The quantitative estimate of drug-likeness (QED) is 0.621. The molecule has 2 aromatic rings. The molecule has 0 radical (unpaired) electrons. The second-order valence-corrected chi connectivity index (χ2v) is 9.15. The van der Waals surface area contributed by atoms with Crippen molar-refractivity contribution in [2.24, 2.45) is 4.99 Å². The second-order valence-electron chi connectivity index (χ2n) is 7.09. The van der Waals surface area contributed by atoms with E-state index in [1.165, 1.54) is 17.0 Å². The summed E-state index contributed by atoms with van der Waals surface area (Å²) in [5.41, 5.74) is 0.895. The maximum atomic E-state index is 13.9. The van der Waals surface area contributed by atoms with E-state index in [9.17, 15) is 17.6 Å². The van der Waals surface area contributed by atoms with E-state index in [0.29, 0.717) is 41.4 Å². The molecule has 0 unspecified atom stereocenters. The van der Waals surface area contributed by atoms with Gasteiger partial charge in [0.1, 0.15) is 11.7 Å². The van der Waals surface area contributed by atoms with Crippen molar-refractivity contribution in [2.45, 2.75) is 37.1 Å². The lowest BCUT2D eigenvalue weighted by atomic mass is 10.1. The molecule has 1 aliphatic heterocycles. The van der Waals surface area contributed by atoms with E-state index < -0.39 is 15.8 Å². The van der Waals surface area contributed by atoms with Crippen molar-refractivity contribution in [3.8, 4) is 0 Å². The molecule has 1 amide bonds. The van der Waals surface area contributed by atoms with Crippen LogP contribution < -0.4 is 4.72 Å². The van der Waals surface area contributed by atoms with Gasteiger partial charge in [-0.25, -0.2) is 12.8 Å². The molecule has 1 N–H and O–H groups in total. The summed E-state index contributed by atoms with van der Waals surface area (Å²) in [5, 5.41) is 0.304. The van der Waals surface area contributed by atoms with Gasteiger partial charge in [0.2, 0.25) is 5.91 Å². The van der Waals surface area contributed by atoms with Gasteiger partial charge in [0.25, 0.3) is 10.0 Å². The Morgan fingerprint density at radius 3 is 2.67 bits per heavy atom. The van der Waals surface area contributed by atoms with Crippen LogP contribution in [-0.2, 0) is 21.4 Å². The summed E-state index contributed by atoms with van der Waals surface area (Å²) in [4.78, 5) is 18.3. The van der Waals surface area contributed by atoms with Crippen molar-refractivity contribution in [1.82, 2.24) is 9.62 Å². The summed E-state index contributed by atoms with van der Waals surface area (Å²) in [5.74, 6) is -0.147. The lowest BCUT2D eigenvalue weighted by molar-refractivity contribution is -0.130. The van der Waals surface area contributed by atoms with E-state index in [0.717, 1.165) is 12.8 Å². The number of halogens is 2. The first-order valence-electron chi connectivity index (χ1n) is 9.63. The third-order valence-electron chi connectivity index (χ3n) is 4.86. The maximum Gasteiger partial charge on any atom is 0.263 e. The van der Waals surface area contributed by atoms with E-state index in [4.69, 9.17) is 11.6 Å². The van der Waals surface area contributed by atoms with E-state index in [-0.39, 0.29) is 17.3 Å². The average Bonchev–Trinajstić information content (AvgIpc) is 2.97. The van der Waals surface area contributed by atoms with Gasteiger partial charge in [-0.15, -0.1) is 0 Å². The minimum atomic E-state index is -3.52. The molecule has 0 atom stereocenters. The van der Waals surface area contributed by atoms with Gasteiger partial charge in [-0.3, -0.25) is 14.5 Å². The number of sulfonamides is 1. The Bertz CT molecular complexity index is 1050. The fourth-order valence-electron chi connectivity index (χ4n) is 3.21. The molecule has 1 heterocycles. The minimum absolute atomic E-state index is 0.0851. The number of rotatable bonds is 8. The summed E-state index contributed by atoms with van der Waals surface area (Å²) >= 11 is 6.01. The number of benzene rings is 2. The van der Waals surface area contributed by atoms with Crippen LogP contribution in [0.1, 0.15) is 36.8 Å². The van der Waals surface area contributed by atoms with E-state index in [1.54, 1.807) is 37.4 Å². The average molecular weight is 452 g/mol. The highest BCUT2D eigenvalue weighted by atomic mass is 35.5. The molecule has 0 bridgehead atoms. The van der Waals surface area contributed by atoms with Crippen molar-refractivity contribution in [3.63, 3.8) is 0 Å². The first-order valence-corrected chi connectivity index (χ1v) is 11.5. The summed E-state index contributed by atoms with van der Waals surface area (Å²) in [6.45, 7) is 0.582. The lowest BCUT2D eigenvalue weighted by Crippen LogP contribution is -2.26. The molecule has 9 heteroatoms. The van der Waals surface area contributed by atoms with Crippen LogP contribution in [0.25, 0.3) is 0 Å². The van der Waals surface area contributed by atoms with Crippen LogP contribution in [-0.4, -0.2) is 38.7 Å². The molecular weight excluding hydrogens is 429 g/mol. The third kappa shape index (κ3) is 5.17. The Morgan fingerprint density at radius 1 is 1.13 bits per heavy atom. The first kappa shape index (κ1) is 22.2. The van der Waals surface area contributed by atoms with Gasteiger partial charge in [-0.05, 0) is 37.1 Å². The van der Waals surface area contributed by atoms with Crippen LogP contribution in [0.5, 0.6) is 0 Å². The number of hydrogen-bond acceptors (Lipinski definition) is 4. The molecule has 30 heavy (non-hydrogen) atoms. The Labute approximate surface area is 180 Å². The summed E-state index contributed by atoms with van der Waals surface area (Å²) in [6.07, 6.45) is 2.50. The fraction of sp³-hybridized carbons (Fsp3) is 0.333. The molecule has 2 aromatic carbocycles. The zero-order valence-electron chi connectivity index (χ0n) is 16.6. The third-order valence-corrected chi connectivity index (χ3v) is 6.62. The van der Waals surface area contributed by atoms with Crippen molar-refractivity contribution in [1.29, 1.82) is 0 Å². The van der Waals surface area contributed by atoms with Crippen LogP contribution in [0.4, 0.5) is 4.39 Å². The molecule has 0 saturated heterocycles. The molecule has 1 aliphatic rings. The van der Waals surface area contributed by atoms with Crippen molar-refractivity contribution >= 4 is 33.4 Å². The molecule has 160 valence electrons. The summed E-state index contributed by atoms with van der Waals surface area (Å²) < 4.78 is 40.4. The number of aliphatic imine (C=N–C) groups is 1. The Kier molecular flexibility index (Phi) is 7.10. The second kappa shape index (κ2) is 9.57. The summed E-state index contributed by atoms with van der Waals surface area (Å²) in [7, 11) is -1.90. The minimum Gasteiger partial charge on any atom is -0.341 e. The van der Waals surface area contributed by atoms with Gasteiger partial charge in [-0.1, -0.05) is 36.2 Å². The van der Waals surface area contributed by atoms with Crippen molar-refractivity contribution in [2.75, 3.05) is 13.6 Å². The van der Waals surface area contributed by atoms with E-state index in [2.05, 4.69) is 9.71 Å². The smallest absolute Gasteiger partial charge is 0.263 e. The van der Waals surface area contributed by atoms with E-state index >= 15 is 0 Å². The predicted octanol–water partition coefficient (Wildman–Crippen LogP) is 3.74. The van der Waals surface area contributed by atoms with Crippen LogP contribution in [0, 0.1) is 5.82 Å². The Morgan fingerprint density at radius 2 is 1.90 bits per heavy atom. The predicted molar refractivity (Wildman–Crippen MR) is 115 cm³/mol. The Balaban J connectivity index is 1.42. The largest absolute Gasteiger partial charge is 0.341 e. The number of carbonyl (C=O) groups excluding carboxylic acids is 1. The van der Waals surface area contributed by atoms with Gasteiger partial charge in [0, 0.05) is 42.7 Å². The van der Waals surface area contributed by atoms with Gasteiger partial charge < -0.3 is 4.90 Å². The van der Waals surface area contributed by atoms with Crippen molar-refractivity contribution in [3.05, 3.63) is 64.4 Å². The normalized spacial score (nSPS) is 15.6. The highest BCUT2D eigenvalue weighted by molar-refractivity contribution is 7.90. The van der Waals surface area contributed by atoms with Gasteiger partial charge in [0.15, 0.2) is 0 Å². The van der Waals surface area contributed by atoms with Crippen LogP contribution in [0.3, 0.4) is 0 Å². The molecule has 6 nitrogen and oxygen atoms in total. The van der Waals surface area contributed by atoms with Gasteiger partial charge in [-0.2, -0.15) is 0 Å². The number of hydrogen-bond donors (Lipinski definition) is 1. The maximum absolute atomic E-state index is 13.9. The highest BCUT2D eigenvalue weighted by Crippen LogP contribution is 2.22. The number of amides is 1. The number of unbranched alkanes of at least 4 members (excludes halogenated alkanes) is 2. The highest BCUT2D eigenvalue weighted by Gasteiger charge is 2.29. The monoisotopic (exact) mass is 451 g/mol. The lowest BCUT2D eigenvalue weighted by Gasteiger charge is -2.18. The zero-order chi connectivity index (χ0) is 21.7. The number of nitrogens with one attached hydrogen (secondary N) is 1. The SMILES string of the molecule is CN(Cc1c(F)cccc1Cl)C(=O)CCCCCN=C1NS(=O)(=O)c2ccccc21. The number of nitrogens with zero attached hydrogens (tertiary/aromatic N) is 2. The summed E-state index contributed by atoms with van der Waals surface area (Å²) in [6, 6.07) is 11.2. The molecule has 3 rings (SSSR count). The van der Waals surface area contributed by atoms with Crippen molar-refractivity contribution < 1.29 is 17.6 Å². The topological polar surface area (TPSA) is 78.8 Å². The van der Waals surface area contributed by atoms with Gasteiger partial charge >= 0.3 is 0 Å². The molecule has 0 aromatic heterocycles. The Hall–Kier alpha value is -2.45. The molecular formula is C21H23ClFN3O3S. The first-order chi connectivity index (χ1) is 14.3. The van der Waals surface area contributed by atoms with Crippen LogP contribution >= 0.6 is 11.6 Å². The van der Waals surface area contributed by atoms with Gasteiger partial charge in [0.05, 0.1) is 4.90 Å². The zero-order valence-corrected chi connectivity index (χ0v) is 18.1.